The largest absolute Gasteiger partial charge is 0.318 e. The SMILES string of the molecule is NC1CN(C=CF)C1=O. The molecule has 50 valence electrons. The molecule has 0 aromatic rings. The van der Waals surface area contributed by atoms with Crippen LogP contribution in [-0.4, -0.2) is 23.4 Å². The van der Waals surface area contributed by atoms with Crippen molar-refractivity contribution < 1.29 is 9.18 Å². The van der Waals surface area contributed by atoms with E-state index in [1.807, 2.05) is 0 Å². The minimum atomic E-state index is -0.416. The van der Waals surface area contributed by atoms with Crippen LogP contribution in [0.5, 0.6) is 0 Å². The van der Waals surface area contributed by atoms with E-state index in [2.05, 4.69) is 0 Å². The van der Waals surface area contributed by atoms with Crippen LogP contribution < -0.4 is 5.73 Å². The molecule has 3 nitrogen and oxygen atoms in total. The van der Waals surface area contributed by atoms with Gasteiger partial charge in [-0.15, -0.1) is 0 Å². The second-order valence-electron chi connectivity index (χ2n) is 1.87. The summed E-state index contributed by atoms with van der Waals surface area (Å²) in [6.45, 7) is 0.430. The maximum atomic E-state index is 11.3. The van der Waals surface area contributed by atoms with Gasteiger partial charge in [-0.3, -0.25) is 4.79 Å². The van der Waals surface area contributed by atoms with Crippen molar-refractivity contribution in [1.29, 1.82) is 0 Å². The van der Waals surface area contributed by atoms with Crippen LogP contribution >= 0.6 is 0 Å². The Kier molecular flexibility index (Phi) is 1.48. The molecule has 1 aliphatic rings. The van der Waals surface area contributed by atoms with E-state index in [0.29, 0.717) is 12.9 Å². The van der Waals surface area contributed by atoms with E-state index in [9.17, 15) is 9.18 Å². The first-order valence-electron chi connectivity index (χ1n) is 2.58. The summed E-state index contributed by atoms with van der Waals surface area (Å²) in [7, 11) is 0. The Morgan fingerprint density at radius 3 is 2.89 bits per heavy atom. The second kappa shape index (κ2) is 2.14. The van der Waals surface area contributed by atoms with Crippen LogP contribution in [-0.2, 0) is 4.79 Å². The van der Waals surface area contributed by atoms with Gasteiger partial charge in [-0.05, 0) is 0 Å². The number of halogens is 1. The van der Waals surface area contributed by atoms with Crippen molar-refractivity contribution in [2.45, 2.75) is 6.04 Å². The van der Waals surface area contributed by atoms with Gasteiger partial charge in [-0.25, -0.2) is 4.39 Å². The number of carbonyl (C=O) groups excluding carboxylic acids is 1. The lowest BCUT2D eigenvalue weighted by Crippen LogP contribution is -2.58. The zero-order valence-corrected chi connectivity index (χ0v) is 4.75. The highest BCUT2D eigenvalue weighted by Crippen LogP contribution is 2.07. The van der Waals surface area contributed by atoms with E-state index in [0.717, 1.165) is 6.20 Å². The maximum absolute atomic E-state index is 11.3. The van der Waals surface area contributed by atoms with Gasteiger partial charge in [0.2, 0.25) is 5.91 Å². The smallest absolute Gasteiger partial charge is 0.245 e. The van der Waals surface area contributed by atoms with Gasteiger partial charge in [0.05, 0.1) is 0 Å². The molecular formula is C5H7FN2O. The summed E-state index contributed by atoms with van der Waals surface area (Å²) in [4.78, 5) is 11.8. The number of nitrogens with zero attached hydrogens (tertiary/aromatic N) is 1. The van der Waals surface area contributed by atoms with Crippen LogP contribution in [0.4, 0.5) is 4.39 Å². The molecule has 1 heterocycles. The van der Waals surface area contributed by atoms with Crippen molar-refractivity contribution in [3.05, 3.63) is 12.5 Å². The third-order valence-corrected chi connectivity index (χ3v) is 1.23. The van der Waals surface area contributed by atoms with Crippen molar-refractivity contribution in [2.75, 3.05) is 6.54 Å². The molecule has 1 atom stereocenters. The minimum absolute atomic E-state index is 0.219. The molecule has 0 spiro atoms. The highest BCUT2D eigenvalue weighted by molar-refractivity contribution is 5.88. The van der Waals surface area contributed by atoms with E-state index in [-0.39, 0.29) is 5.91 Å². The Morgan fingerprint density at radius 1 is 1.89 bits per heavy atom. The lowest BCUT2D eigenvalue weighted by Gasteiger charge is -2.32. The van der Waals surface area contributed by atoms with E-state index >= 15 is 0 Å². The second-order valence-corrected chi connectivity index (χ2v) is 1.87. The van der Waals surface area contributed by atoms with Crippen LogP contribution in [0.2, 0.25) is 0 Å². The molecule has 1 unspecified atom stereocenters. The van der Waals surface area contributed by atoms with Gasteiger partial charge in [0.1, 0.15) is 12.4 Å². The van der Waals surface area contributed by atoms with Crippen LogP contribution in [0.25, 0.3) is 0 Å². The number of nitrogens with two attached hydrogens (primary N) is 1. The summed E-state index contributed by atoms with van der Waals surface area (Å²) < 4.78 is 11.3. The highest BCUT2D eigenvalue weighted by Gasteiger charge is 2.31. The Bertz CT molecular complexity index is 157. The topological polar surface area (TPSA) is 46.3 Å². The zero-order chi connectivity index (χ0) is 6.85. The number of amides is 1. The van der Waals surface area contributed by atoms with Crippen molar-refractivity contribution in [3.63, 3.8) is 0 Å². The Balaban J connectivity index is 2.42. The minimum Gasteiger partial charge on any atom is -0.318 e. The Hall–Kier alpha value is -0.900. The monoisotopic (exact) mass is 130 g/mol. The van der Waals surface area contributed by atoms with Gasteiger partial charge in [-0.2, -0.15) is 0 Å². The van der Waals surface area contributed by atoms with Crippen LogP contribution in [0.3, 0.4) is 0 Å². The number of likely N-dealkylation sites (tertiary alicyclic amines) is 1. The fourth-order valence-electron chi connectivity index (χ4n) is 0.683. The Labute approximate surface area is 51.9 Å². The van der Waals surface area contributed by atoms with Gasteiger partial charge in [-0.1, -0.05) is 0 Å². The van der Waals surface area contributed by atoms with Gasteiger partial charge in [0.25, 0.3) is 0 Å². The summed E-state index contributed by atoms with van der Waals surface area (Å²) >= 11 is 0. The number of β-lactam (4-membered cyclic amide) rings is 1. The lowest BCUT2D eigenvalue weighted by molar-refractivity contribution is -0.138. The quantitative estimate of drug-likeness (QED) is 0.491. The molecule has 1 rings (SSSR count). The summed E-state index contributed by atoms with van der Waals surface area (Å²) in [5.41, 5.74) is 5.20. The van der Waals surface area contributed by atoms with Crippen molar-refractivity contribution in [2.24, 2.45) is 5.73 Å². The summed E-state index contributed by atoms with van der Waals surface area (Å²) in [6, 6.07) is -0.416. The molecular weight excluding hydrogens is 123 g/mol. The molecule has 9 heavy (non-hydrogen) atoms. The lowest BCUT2D eigenvalue weighted by atomic mass is 10.1. The van der Waals surface area contributed by atoms with Crippen LogP contribution in [0, 0.1) is 0 Å². The number of hydrogen-bond donors (Lipinski definition) is 1. The molecule has 0 aromatic carbocycles. The standard InChI is InChI=1S/C5H7FN2O/c6-1-2-8-3-4(7)5(8)9/h1-2,4H,3,7H2. The molecule has 0 saturated carbocycles. The fourth-order valence-corrected chi connectivity index (χ4v) is 0.683. The van der Waals surface area contributed by atoms with E-state index in [4.69, 9.17) is 5.73 Å². The predicted octanol–water partition coefficient (Wildman–Crippen LogP) is -0.403. The first kappa shape index (κ1) is 6.22. The first-order chi connectivity index (χ1) is 4.25. The first-order valence-corrected chi connectivity index (χ1v) is 2.58. The van der Waals surface area contributed by atoms with E-state index in [1.54, 1.807) is 0 Å². The zero-order valence-electron chi connectivity index (χ0n) is 4.75. The molecule has 0 bridgehead atoms. The number of carbonyl (C=O) groups is 1. The van der Waals surface area contributed by atoms with E-state index in [1.165, 1.54) is 4.90 Å². The third-order valence-electron chi connectivity index (χ3n) is 1.23. The molecule has 1 fully saturated rings. The number of rotatable bonds is 1. The van der Waals surface area contributed by atoms with Crippen LogP contribution in [0.1, 0.15) is 0 Å². The van der Waals surface area contributed by atoms with Gasteiger partial charge >= 0.3 is 0 Å². The van der Waals surface area contributed by atoms with Crippen molar-refractivity contribution >= 4 is 5.91 Å². The predicted molar refractivity (Wildman–Crippen MR) is 29.9 cm³/mol. The van der Waals surface area contributed by atoms with Gasteiger partial charge < -0.3 is 10.6 Å². The molecule has 4 heteroatoms. The number of hydrogen-bond acceptors (Lipinski definition) is 2. The summed E-state index contributed by atoms with van der Waals surface area (Å²) in [5, 5.41) is 0. The molecule has 1 saturated heterocycles. The van der Waals surface area contributed by atoms with E-state index < -0.39 is 6.04 Å². The molecule has 0 radical (unpaired) electrons. The Morgan fingerprint density at radius 2 is 2.56 bits per heavy atom. The van der Waals surface area contributed by atoms with Crippen molar-refractivity contribution in [1.82, 2.24) is 4.90 Å². The maximum Gasteiger partial charge on any atom is 0.245 e. The molecule has 0 aromatic heterocycles. The fraction of sp³-hybridized carbons (Fsp3) is 0.400. The average Bonchev–Trinajstić information content (AvgIpc) is 1.88. The molecule has 2 N–H and O–H groups in total. The van der Waals surface area contributed by atoms with Gasteiger partial charge in [0.15, 0.2) is 0 Å². The summed E-state index contributed by atoms with van der Waals surface area (Å²) in [6.07, 6.45) is 1.40. The average molecular weight is 130 g/mol. The normalized spacial score (nSPS) is 27.1. The summed E-state index contributed by atoms with van der Waals surface area (Å²) in [5.74, 6) is -0.219. The molecule has 0 aliphatic carbocycles. The molecule has 1 amide bonds. The van der Waals surface area contributed by atoms with Gasteiger partial charge in [0, 0.05) is 12.7 Å². The highest BCUT2D eigenvalue weighted by atomic mass is 19.1. The van der Waals surface area contributed by atoms with Crippen molar-refractivity contribution in [3.8, 4) is 0 Å². The third kappa shape index (κ3) is 0.929. The molecule has 1 aliphatic heterocycles. The van der Waals surface area contributed by atoms with Crippen LogP contribution in [0.15, 0.2) is 12.5 Å².